The zero-order chi connectivity index (χ0) is 20.1. The molecule has 29 heavy (non-hydrogen) atoms. The van der Waals surface area contributed by atoms with Gasteiger partial charge < -0.3 is 9.47 Å². The summed E-state index contributed by atoms with van der Waals surface area (Å²) in [6.07, 6.45) is 9.18. The number of rotatable bonds is 6. The van der Waals surface area contributed by atoms with E-state index in [-0.39, 0.29) is 5.91 Å². The average molecular weight is 389 g/mol. The molecule has 1 atom stereocenters. The summed E-state index contributed by atoms with van der Waals surface area (Å²) in [5.74, 6) is 1.68. The molecule has 0 bridgehead atoms. The molecule has 1 aliphatic rings. The number of likely N-dealkylation sites (tertiary alicyclic amines) is 1. The first-order valence-electron chi connectivity index (χ1n) is 10.4. The molecule has 4 rings (SSSR count). The van der Waals surface area contributed by atoms with Gasteiger partial charge >= 0.3 is 0 Å². The van der Waals surface area contributed by atoms with Gasteiger partial charge in [0.1, 0.15) is 5.82 Å². The third-order valence-electron chi connectivity index (χ3n) is 5.76. The summed E-state index contributed by atoms with van der Waals surface area (Å²) in [6.45, 7) is 4.69. The smallest absolute Gasteiger partial charge is 0.222 e. The van der Waals surface area contributed by atoms with Crippen LogP contribution in [0, 0.1) is 12.8 Å². The number of hydrogen-bond donors (Lipinski definition) is 0. The second-order valence-electron chi connectivity index (χ2n) is 7.91. The quantitative estimate of drug-likeness (QED) is 0.638. The van der Waals surface area contributed by atoms with E-state index in [1.54, 1.807) is 6.20 Å². The van der Waals surface area contributed by atoms with Crippen molar-refractivity contribution in [3.63, 3.8) is 0 Å². The lowest BCUT2D eigenvalue weighted by atomic mass is 9.97. The van der Waals surface area contributed by atoms with Crippen LogP contribution in [0.2, 0.25) is 0 Å². The highest BCUT2D eigenvalue weighted by molar-refractivity contribution is 5.76. The zero-order valence-corrected chi connectivity index (χ0v) is 17.0. The number of amides is 1. The van der Waals surface area contributed by atoms with E-state index in [1.807, 2.05) is 42.7 Å². The van der Waals surface area contributed by atoms with E-state index in [4.69, 9.17) is 0 Å². The van der Waals surface area contributed by atoms with Crippen LogP contribution in [0.15, 0.2) is 61.1 Å². The Hall–Kier alpha value is -2.95. The lowest BCUT2D eigenvalue weighted by Gasteiger charge is -2.33. The highest BCUT2D eigenvalue weighted by atomic mass is 16.2. The van der Waals surface area contributed by atoms with Crippen molar-refractivity contribution in [3.8, 4) is 11.4 Å². The van der Waals surface area contributed by atoms with Crippen molar-refractivity contribution in [1.29, 1.82) is 0 Å². The van der Waals surface area contributed by atoms with Crippen molar-refractivity contribution in [2.75, 3.05) is 13.1 Å². The van der Waals surface area contributed by atoms with Crippen LogP contribution < -0.4 is 0 Å². The summed E-state index contributed by atoms with van der Waals surface area (Å²) >= 11 is 0. The van der Waals surface area contributed by atoms with Gasteiger partial charge in [0, 0.05) is 55.9 Å². The highest BCUT2D eigenvalue weighted by Crippen LogP contribution is 2.24. The Balaban J connectivity index is 1.39. The van der Waals surface area contributed by atoms with Gasteiger partial charge in [-0.1, -0.05) is 30.3 Å². The Morgan fingerprint density at radius 1 is 1.14 bits per heavy atom. The fourth-order valence-corrected chi connectivity index (χ4v) is 4.17. The summed E-state index contributed by atoms with van der Waals surface area (Å²) in [6, 6.07) is 14.2. The molecule has 0 radical (unpaired) electrons. The number of nitrogens with zero attached hydrogens (tertiary/aromatic N) is 4. The van der Waals surface area contributed by atoms with Crippen LogP contribution in [0.25, 0.3) is 11.4 Å². The van der Waals surface area contributed by atoms with Crippen LogP contribution in [0.1, 0.15) is 30.5 Å². The fraction of sp³-hybridized carbons (Fsp3) is 0.375. The molecule has 3 heterocycles. The van der Waals surface area contributed by atoms with Gasteiger partial charge in [-0.2, -0.15) is 0 Å². The standard InChI is InChI=1S/C24H28N4O/c1-19-15-26-24(22-10-5-13-25-16-22)28(19)18-21-9-6-14-27(17-21)23(29)12-11-20-7-3-2-4-8-20/h2-5,7-8,10,13,15-16,21H,6,9,11-12,14,17-18H2,1H3. The van der Waals surface area contributed by atoms with Gasteiger partial charge in [-0.3, -0.25) is 9.78 Å². The van der Waals surface area contributed by atoms with Crippen molar-refractivity contribution < 1.29 is 4.79 Å². The van der Waals surface area contributed by atoms with Gasteiger partial charge in [0.15, 0.2) is 0 Å². The van der Waals surface area contributed by atoms with E-state index in [9.17, 15) is 4.79 Å². The molecular formula is C24H28N4O. The van der Waals surface area contributed by atoms with Crippen LogP contribution >= 0.6 is 0 Å². The molecule has 1 unspecified atom stereocenters. The maximum atomic E-state index is 12.8. The molecule has 1 aliphatic heterocycles. The Morgan fingerprint density at radius 2 is 2.00 bits per heavy atom. The minimum atomic E-state index is 0.272. The number of hydrogen-bond acceptors (Lipinski definition) is 3. The van der Waals surface area contributed by atoms with Crippen molar-refractivity contribution >= 4 is 5.91 Å². The number of aromatic nitrogens is 3. The van der Waals surface area contributed by atoms with Gasteiger partial charge in [-0.05, 0) is 49.8 Å². The van der Waals surface area contributed by atoms with Crippen LogP contribution in [0.3, 0.4) is 0 Å². The first-order chi connectivity index (χ1) is 14.2. The zero-order valence-electron chi connectivity index (χ0n) is 17.0. The molecule has 0 spiro atoms. The van der Waals surface area contributed by atoms with Crippen LogP contribution in [0.5, 0.6) is 0 Å². The van der Waals surface area contributed by atoms with Gasteiger partial charge in [0.05, 0.1) is 0 Å². The van der Waals surface area contributed by atoms with Gasteiger partial charge in [0.2, 0.25) is 5.91 Å². The number of imidazole rings is 1. The Labute approximate surface area is 172 Å². The average Bonchev–Trinajstić information content (AvgIpc) is 3.13. The van der Waals surface area contributed by atoms with E-state index in [0.29, 0.717) is 12.3 Å². The predicted molar refractivity (Wildman–Crippen MR) is 114 cm³/mol. The molecule has 3 aromatic rings. The topological polar surface area (TPSA) is 51.0 Å². The normalized spacial score (nSPS) is 16.7. The van der Waals surface area contributed by atoms with Gasteiger partial charge in [0.25, 0.3) is 0 Å². The minimum Gasteiger partial charge on any atom is -0.342 e. The molecular weight excluding hydrogens is 360 g/mol. The van der Waals surface area contributed by atoms with Crippen LogP contribution in [-0.4, -0.2) is 38.4 Å². The third-order valence-corrected chi connectivity index (χ3v) is 5.76. The first-order valence-corrected chi connectivity index (χ1v) is 10.4. The summed E-state index contributed by atoms with van der Waals surface area (Å²) in [4.78, 5) is 23.7. The molecule has 5 heteroatoms. The van der Waals surface area contributed by atoms with Crippen molar-refractivity contribution in [1.82, 2.24) is 19.4 Å². The monoisotopic (exact) mass is 388 g/mol. The number of carbonyl (C=O) groups is 1. The van der Waals surface area contributed by atoms with Crippen molar-refractivity contribution in [2.24, 2.45) is 5.92 Å². The molecule has 5 nitrogen and oxygen atoms in total. The predicted octanol–water partition coefficient (Wildman–Crippen LogP) is 4.12. The molecule has 150 valence electrons. The number of aryl methyl sites for hydroxylation is 2. The van der Waals surface area contributed by atoms with E-state index in [2.05, 4.69) is 38.5 Å². The first kappa shape index (κ1) is 19.4. The molecule has 0 saturated carbocycles. The maximum Gasteiger partial charge on any atom is 0.222 e. The van der Waals surface area contributed by atoms with E-state index < -0.39 is 0 Å². The molecule has 1 amide bonds. The summed E-state index contributed by atoms with van der Waals surface area (Å²) < 4.78 is 2.28. The Kier molecular flexibility index (Phi) is 6.03. The fourth-order valence-electron chi connectivity index (χ4n) is 4.17. The van der Waals surface area contributed by atoms with E-state index in [0.717, 1.165) is 56.0 Å². The van der Waals surface area contributed by atoms with Gasteiger partial charge in [-0.25, -0.2) is 4.98 Å². The highest BCUT2D eigenvalue weighted by Gasteiger charge is 2.25. The lowest BCUT2D eigenvalue weighted by molar-refractivity contribution is -0.133. The maximum absolute atomic E-state index is 12.8. The molecule has 2 aromatic heterocycles. The second-order valence-corrected chi connectivity index (χ2v) is 7.91. The van der Waals surface area contributed by atoms with E-state index in [1.165, 1.54) is 5.56 Å². The number of carbonyl (C=O) groups excluding carboxylic acids is 1. The number of piperidine rings is 1. The van der Waals surface area contributed by atoms with E-state index >= 15 is 0 Å². The van der Waals surface area contributed by atoms with Crippen molar-refractivity contribution in [2.45, 2.75) is 39.2 Å². The number of benzene rings is 1. The molecule has 1 aromatic carbocycles. The third kappa shape index (κ3) is 4.73. The summed E-state index contributed by atoms with van der Waals surface area (Å²) in [7, 11) is 0. The van der Waals surface area contributed by atoms with Crippen LogP contribution in [-0.2, 0) is 17.8 Å². The van der Waals surface area contributed by atoms with Crippen molar-refractivity contribution in [3.05, 3.63) is 72.3 Å². The largest absolute Gasteiger partial charge is 0.342 e. The molecule has 0 aliphatic carbocycles. The van der Waals surface area contributed by atoms with Gasteiger partial charge in [-0.15, -0.1) is 0 Å². The summed E-state index contributed by atoms with van der Waals surface area (Å²) in [5, 5.41) is 0. The molecule has 1 saturated heterocycles. The Morgan fingerprint density at radius 3 is 2.79 bits per heavy atom. The number of pyridine rings is 1. The minimum absolute atomic E-state index is 0.272. The molecule has 0 N–H and O–H groups in total. The SMILES string of the molecule is Cc1cnc(-c2cccnc2)n1CC1CCCN(C(=O)CCc2ccccc2)C1. The Bertz CT molecular complexity index is 936. The second kappa shape index (κ2) is 9.03. The summed E-state index contributed by atoms with van der Waals surface area (Å²) in [5.41, 5.74) is 3.41. The van der Waals surface area contributed by atoms with Crippen LogP contribution in [0.4, 0.5) is 0 Å². The molecule has 1 fully saturated rings. The lowest BCUT2D eigenvalue weighted by Crippen LogP contribution is -2.41.